The van der Waals surface area contributed by atoms with Gasteiger partial charge in [0.05, 0.1) is 12.3 Å². The van der Waals surface area contributed by atoms with E-state index in [1.165, 1.54) is 4.90 Å². The van der Waals surface area contributed by atoms with Gasteiger partial charge >= 0.3 is 0 Å². The molecule has 0 saturated carbocycles. The van der Waals surface area contributed by atoms with Crippen LogP contribution in [0, 0.1) is 13.8 Å². The average Bonchev–Trinajstić information content (AvgIpc) is 2.66. The molecule has 0 aromatic carbocycles. The van der Waals surface area contributed by atoms with Gasteiger partial charge in [-0.2, -0.15) is 0 Å². The Labute approximate surface area is 106 Å². The Morgan fingerprint density at radius 2 is 2.22 bits per heavy atom. The van der Waals surface area contributed by atoms with Gasteiger partial charge in [-0.05, 0) is 25.5 Å². The van der Waals surface area contributed by atoms with Crippen molar-refractivity contribution in [1.29, 1.82) is 0 Å². The molecule has 0 fully saturated rings. The second-order valence-corrected chi connectivity index (χ2v) is 4.38. The van der Waals surface area contributed by atoms with Gasteiger partial charge in [0, 0.05) is 19.8 Å². The van der Waals surface area contributed by atoms with Crippen molar-refractivity contribution < 1.29 is 9.90 Å². The van der Waals surface area contributed by atoms with Crippen LogP contribution in [0.15, 0.2) is 18.3 Å². The first-order valence-corrected chi connectivity index (χ1v) is 5.87. The van der Waals surface area contributed by atoms with Gasteiger partial charge in [-0.3, -0.25) is 9.20 Å². The third-order valence-electron chi connectivity index (χ3n) is 3.00. The van der Waals surface area contributed by atoms with Gasteiger partial charge in [-0.1, -0.05) is 6.07 Å². The zero-order chi connectivity index (χ0) is 13.3. The quantitative estimate of drug-likeness (QED) is 0.880. The molecule has 2 aromatic rings. The summed E-state index contributed by atoms with van der Waals surface area (Å²) in [7, 11) is 1.67. The van der Waals surface area contributed by atoms with Crippen molar-refractivity contribution >= 4 is 11.6 Å². The summed E-state index contributed by atoms with van der Waals surface area (Å²) in [6.07, 6.45) is 1.84. The van der Waals surface area contributed by atoms with Crippen LogP contribution in [-0.2, 0) is 0 Å². The van der Waals surface area contributed by atoms with Crippen LogP contribution in [0.2, 0.25) is 0 Å². The highest BCUT2D eigenvalue weighted by Gasteiger charge is 2.20. The van der Waals surface area contributed by atoms with Gasteiger partial charge < -0.3 is 10.0 Å². The number of fused-ring (bicyclic) bond motifs is 1. The molecule has 1 amide bonds. The van der Waals surface area contributed by atoms with Crippen LogP contribution in [0.4, 0.5) is 0 Å². The van der Waals surface area contributed by atoms with E-state index in [1.807, 2.05) is 32.2 Å². The number of hydrogen-bond acceptors (Lipinski definition) is 3. The van der Waals surface area contributed by atoms with Gasteiger partial charge in [0.15, 0.2) is 0 Å². The Bertz CT molecular complexity index is 589. The molecule has 96 valence electrons. The van der Waals surface area contributed by atoms with Crippen LogP contribution in [-0.4, -0.2) is 45.5 Å². The molecule has 0 unspecified atom stereocenters. The van der Waals surface area contributed by atoms with Crippen LogP contribution in [0.3, 0.4) is 0 Å². The summed E-state index contributed by atoms with van der Waals surface area (Å²) in [5.41, 5.74) is 3.10. The summed E-state index contributed by atoms with van der Waals surface area (Å²) in [4.78, 5) is 18.2. The van der Waals surface area contributed by atoms with Gasteiger partial charge in [0.2, 0.25) is 0 Å². The fourth-order valence-electron chi connectivity index (χ4n) is 2.01. The van der Waals surface area contributed by atoms with Gasteiger partial charge in [0.1, 0.15) is 11.3 Å². The number of likely N-dealkylation sites (N-methyl/N-ethyl adjacent to an activating group) is 1. The van der Waals surface area contributed by atoms with E-state index in [-0.39, 0.29) is 12.5 Å². The molecule has 0 spiro atoms. The highest BCUT2D eigenvalue weighted by molar-refractivity contribution is 5.94. The topological polar surface area (TPSA) is 57.8 Å². The van der Waals surface area contributed by atoms with Crippen LogP contribution in [0.1, 0.15) is 21.7 Å². The first kappa shape index (κ1) is 12.6. The van der Waals surface area contributed by atoms with Crippen LogP contribution in [0.5, 0.6) is 0 Å². The normalized spacial score (nSPS) is 10.9. The molecular formula is C13H17N3O2. The van der Waals surface area contributed by atoms with Crippen molar-refractivity contribution in [1.82, 2.24) is 14.3 Å². The number of hydrogen-bond donors (Lipinski definition) is 1. The number of aryl methyl sites for hydroxylation is 2. The van der Waals surface area contributed by atoms with Crippen molar-refractivity contribution in [2.75, 3.05) is 20.2 Å². The van der Waals surface area contributed by atoms with E-state index >= 15 is 0 Å². The van der Waals surface area contributed by atoms with Crippen molar-refractivity contribution in [3.05, 3.63) is 35.3 Å². The smallest absolute Gasteiger partial charge is 0.272 e. The number of amides is 1. The van der Waals surface area contributed by atoms with E-state index in [2.05, 4.69) is 4.98 Å². The van der Waals surface area contributed by atoms with E-state index in [1.54, 1.807) is 11.4 Å². The summed E-state index contributed by atoms with van der Waals surface area (Å²) in [6.45, 7) is 4.06. The monoisotopic (exact) mass is 247 g/mol. The molecule has 0 aliphatic heterocycles. The van der Waals surface area contributed by atoms with E-state index in [9.17, 15) is 4.79 Å². The van der Waals surface area contributed by atoms with E-state index in [0.717, 1.165) is 11.2 Å². The minimum atomic E-state index is -0.125. The first-order valence-electron chi connectivity index (χ1n) is 5.87. The summed E-state index contributed by atoms with van der Waals surface area (Å²) in [5, 5.41) is 8.89. The zero-order valence-corrected chi connectivity index (χ0v) is 10.8. The summed E-state index contributed by atoms with van der Waals surface area (Å²) >= 11 is 0. The maximum atomic E-state index is 12.3. The third-order valence-corrected chi connectivity index (χ3v) is 3.00. The number of nitrogens with zero attached hydrogens (tertiary/aromatic N) is 3. The molecule has 18 heavy (non-hydrogen) atoms. The largest absolute Gasteiger partial charge is 0.395 e. The lowest BCUT2D eigenvalue weighted by atomic mass is 10.3. The molecule has 0 saturated heterocycles. The lowest BCUT2D eigenvalue weighted by molar-refractivity contribution is 0.0759. The molecule has 2 rings (SSSR count). The molecule has 1 N–H and O–H groups in total. The standard InChI is InChI=1S/C13H17N3O2/c1-9-5-4-6-16-11(10(2)14-12(9)16)13(18)15(3)7-8-17/h4-6,17H,7-8H2,1-3H3. The molecule has 5 nitrogen and oxygen atoms in total. The van der Waals surface area contributed by atoms with Gasteiger partial charge in [-0.25, -0.2) is 4.98 Å². The van der Waals surface area contributed by atoms with Crippen molar-refractivity contribution in [3.8, 4) is 0 Å². The van der Waals surface area contributed by atoms with Crippen LogP contribution >= 0.6 is 0 Å². The molecule has 0 bridgehead atoms. The van der Waals surface area contributed by atoms with Crippen LogP contribution in [0.25, 0.3) is 5.65 Å². The second-order valence-electron chi connectivity index (χ2n) is 4.38. The predicted molar refractivity (Wildman–Crippen MR) is 68.7 cm³/mol. The molecule has 0 atom stereocenters. The number of aromatic nitrogens is 2. The molecule has 0 radical (unpaired) electrons. The van der Waals surface area contributed by atoms with E-state index in [0.29, 0.717) is 17.9 Å². The Morgan fingerprint density at radius 1 is 1.50 bits per heavy atom. The number of pyridine rings is 1. The van der Waals surface area contributed by atoms with Crippen molar-refractivity contribution in [2.45, 2.75) is 13.8 Å². The number of imidazole rings is 1. The maximum absolute atomic E-state index is 12.3. The maximum Gasteiger partial charge on any atom is 0.272 e. The lowest BCUT2D eigenvalue weighted by Gasteiger charge is -2.15. The summed E-state index contributed by atoms with van der Waals surface area (Å²) < 4.78 is 1.81. The van der Waals surface area contributed by atoms with Gasteiger partial charge in [-0.15, -0.1) is 0 Å². The van der Waals surface area contributed by atoms with Gasteiger partial charge in [0.25, 0.3) is 5.91 Å². The molecule has 0 aliphatic carbocycles. The SMILES string of the molecule is Cc1nc2c(C)cccn2c1C(=O)N(C)CCO. The highest BCUT2D eigenvalue weighted by atomic mass is 16.3. The van der Waals surface area contributed by atoms with E-state index < -0.39 is 0 Å². The molecule has 2 heterocycles. The number of aliphatic hydroxyl groups is 1. The average molecular weight is 247 g/mol. The zero-order valence-electron chi connectivity index (χ0n) is 10.8. The van der Waals surface area contributed by atoms with Crippen molar-refractivity contribution in [2.24, 2.45) is 0 Å². The van der Waals surface area contributed by atoms with Crippen molar-refractivity contribution in [3.63, 3.8) is 0 Å². The summed E-state index contributed by atoms with van der Waals surface area (Å²) in [6, 6.07) is 3.86. The highest BCUT2D eigenvalue weighted by Crippen LogP contribution is 2.16. The number of aliphatic hydroxyl groups excluding tert-OH is 1. The Balaban J connectivity index is 2.54. The Morgan fingerprint density at radius 3 is 2.89 bits per heavy atom. The number of carbonyl (C=O) groups is 1. The Hall–Kier alpha value is -1.88. The first-order chi connectivity index (χ1) is 8.56. The molecule has 5 heteroatoms. The van der Waals surface area contributed by atoms with Crippen LogP contribution < -0.4 is 0 Å². The molecular weight excluding hydrogens is 230 g/mol. The number of carbonyl (C=O) groups excluding carboxylic acids is 1. The molecule has 0 aliphatic rings. The fourth-order valence-corrected chi connectivity index (χ4v) is 2.01. The summed E-state index contributed by atoms with van der Waals surface area (Å²) in [5.74, 6) is -0.125. The fraction of sp³-hybridized carbons (Fsp3) is 0.385. The minimum absolute atomic E-state index is 0.0446. The third kappa shape index (κ3) is 1.97. The Kier molecular flexibility index (Phi) is 3.34. The van der Waals surface area contributed by atoms with E-state index in [4.69, 9.17) is 5.11 Å². The minimum Gasteiger partial charge on any atom is -0.395 e. The lowest BCUT2D eigenvalue weighted by Crippen LogP contribution is -2.30. The predicted octanol–water partition coefficient (Wildman–Crippen LogP) is 1.02. The molecule has 2 aromatic heterocycles. The number of rotatable bonds is 3. The second kappa shape index (κ2) is 4.78.